The molecular formula is C17H24N4O2S. The number of aromatic nitrogens is 2. The smallest absolute Gasteiger partial charge is 0.136 e. The van der Waals surface area contributed by atoms with E-state index < -0.39 is 6.10 Å². The van der Waals surface area contributed by atoms with E-state index in [2.05, 4.69) is 14.9 Å². The first kappa shape index (κ1) is 17.3. The molecule has 1 N–H and O–H groups in total. The van der Waals surface area contributed by atoms with Gasteiger partial charge >= 0.3 is 0 Å². The van der Waals surface area contributed by atoms with Crippen LogP contribution in [0.2, 0.25) is 0 Å². The molecule has 24 heavy (non-hydrogen) atoms. The van der Waals surface area contributed by atoms with Crippen molar-refractivity contribution in [3.63, 3.8) is 0 Å². The van der Waals surface area contributed by atoms with E-state index >= 15 is 0 Å². The van der Waals surface area contributed by atoms with E-state index in [0.29, 0.717) is 19.8 Å². The highest BCUT2D eigenvalue weighted by Crippen LogP contribution is 2.24. The van der Waals surface area contributed by atoms with Gasteiger partial charge in [-0.25, -0.2) is 9.97 Å². The molecule has 0 bridgehead atoms. The van der Waals surface area contributed by atoms with E-state index in [4.69, 9.17) is 4.74 Å². The third-order valence-electron chi connectivity index (χ3n) is 4.09. The largest absolute Gasteiger partial charge is 0.389 e. The highest BCUT2D eigenvalue weighted by Gasteiger charge is 2.23. The van der Waals surface area contributed by atoms with Crippen LogP contribution in [0.1, 0.15) is 16.1 Å². The Labute approximate surface area is 146 Å². The summed E-state index contributed by atoms with van der Waals surface area (Å²) in [5, 5.41) is 12.3. The van der Waals surface area contributed by atoms with Crippen LogP contribution in [0.4, 0.5) is 5.82 Å². The van der Waals surface area contributed by atoms with Gasteiger partial charge in [0.15, 0.2) is 0 Å². The Bertz CT molecular complexity index is 648. The normalized spacial score (nSPS) is 16.0. The molecule has 0 aromatic carbocycles. The Hall–Kier alpha value is -1.54. The van der Waals surface area contributed by atoms with E-state index in [1.807, 2.05) is 36.5 Å². The lowest BCUT2D eigenvalue weighted by Crippen LogP contribution is -2.39. The van der Waals surface area contributed by atoms with Crippen LogP contribution in [0.15, 0.2) is 23.8 Å². The van der Waals surface area contributed by atoms with Gasteiger partial charge in [-0.1, -0.05) is 6.07 Å². The molecule has 0 saturated heterocycles. The summed E-state index contributed by atoms with van der Waals surface area (Å²) in [6, 6.07) is 4.05. The van der Waals surface area contributed by atoms with Crippen molar-refractivity contribution in [3.05, 3.63) is 40.0 Å². The number of ether oxygens (including phenoxy) is 1. The summed E-state index contributed by atoms with van der Waals surface area (Å²) < 4.78 is 5.61. The average Bonchev–Trinajstić information content (AvgIpc) is 3.07. The number of nitrogens with zero attached hydrogens (tertiary/aromatic N) is 4. The highest BCUT2D eigenvalue weighted by atomic mass is 32.1. The predicted octanol–water partition coefficient (Wildman–Crippen LogP) is 1.54. The summed E-state index contributed by atoms with van der Waals surface area (Å²) in [7, 11) is 3.99. The van der Waals surface area contributed by atoms with Crippen LogP contribution in [0.25, 0.3) is 0 Å². The molecule has 0 amide bonds. The van der Waals surface area contributed by atoms with Crippen molar-refractivity contribution in [2.24, 2.45) is 0 Å². The summed E-state index contributed by atoms with van der Waals surface area (Å²) in [6.07, 6.45) is 2.04. The molecular weight excluding hydrogens is 324 g/mol. The second-order valence-electron chi connectivity index (χ2n) is 6.25. The van der Waals surface area contributed by atoms with Gasteiger partial charge in [-0.3, -0.25) is 4.90 Å². The fraction of sp³-hybridized carbons (Fsp3) is 0.529. The summed E-state index contributed by atoms with van der Waals surface area (Å²) in [5.74, 6) is 0.966. The molecule has 3 heterocycles. The fourth-order valence-electron chi connectivity index (χ4n) is 2.96. The molecule has 130 valence electrons. The molecule has 2 aromatic heterocycles. The number of rotatable bonds is 7. The minimum Gasteiger partial charge on any atom is -0.389 e. The van der Waals surface area contributed by atoms with Gasteiger partial charge in [0.05, 0.1) is 25.0 Å². The zero-order valence-corrected chi connectivity index (χ0v) is 15.0. The first-order chi connectivity index (χ1) is 11.6. The van der Waals surface area contributed by atoms with Crippen molar-refractivity contribution in [2.45, 2.75) is 25.7 Å². The number of β-amino-alcohol motifs (C(OH)–C–C–N with tert-alkyl or cyclic N) is 1. The molecule has 0 fully saturated rings. The maximum atomic E-state index is 10.3. The number of aliphatic hydroxyl groups is 1. The molecule has 0 aliphatic carbocycles. The maximum Gasteiger partial charge on any atom is 0.136 e. The summed E-state index contributed by atoms with van der Waals surface area (Å²) in [5.41, 5.74) is 2.29. The van der Waals surface area contributed by atoms with Crippen LogP contribution < -0.4 is 4.90 Å². The van der Waals surface area contributed by atoms with Crippen LogP contribution in [-0.4, -0.2) is 59.9 Å². The molecule has 2 aromatic rings. The number of anilines is 1. The molecule has 6 nitrogen and oxygen atoms in total. The van der Waals surface area contributed by atoms with Crippen molar-refractivity contribution in [3.8, 4) is 0 Å². The first-order valence-corrected chi connectivity index (χ1v) is 9.02. The molecule has 0 radical (unpaired) electrons. The molecule has 0 unspecified atom stereocenters. The van der Waals surface area contributed by atoms with Crippen LogP contribution in [0.3, 0.4) is 0 Å². The topological polar surface area (TPSA) is 61.7 Å². The third kappa shape index (κ3) is 4.30. The molecule has 7 heteroatoms. The molecule has 0 saturated carbocycles. The zero-order valence-electron chi connectivity index (χ0n) is 14.2. The van der Waals surface area contributed by atoms with Gasteiger partial charge in [0.25, 0.3) is 0 Å². The summed E-state index contributed by atoms with van der Waals surface area (Å²) >= 11 is 1.67. The van der Waals surface area contributed by atoms with Gasteiger partial charge in [-0.15, -0.1) is 11.3 Å². The van der Waals surface area contributed by atoms with Gasteiger partial charge in [0.2, 0.25) is 0 Å². The lowest BCUT2D eigenvalue weighted by atomic mass is 10.1. The Morgan fingerprint density at radius 2 is 2.29 bits per heavy atom. The van der Waals surface area contributed by atoms with Crippen molar-refractivity contribution in [2.75, 3.05) is 38.7 Å². The molecule has 1 aliphatic rings. The van der Waals surface area contributed by atoms with Crippen molar-refractivity contribution < 1.29 is 9.84 Å². The number of hydrogen-bond acceptors (Lipinski definition) is 7. The third-order valence-corrected chi connectivity index (χ3v) is 4.94. The molecule has 1 aliphatic heterocycles. The van der Waals surface area contributed by atoms with Gasteiger partial charge in [-0.2, -0.15) is 0 Å². The highest BCUT2D eigenvalue weighted by molar-refractivity contribution is 7.09. The summed E-state index contributed by atoms with van der Waals surface area (Å²) in [4.78, 5) is 14.2. The van der Waals surface area contributed by atoms with Crippen molar-refractivity contribution >= 4 is 17.2 Å². The second kappa shape index (κ2) is 8.02. The van der Waals surface area contributed by atoms with E-state index in [1.54, 1.807) is 17.7 Å². The van der Waals surface area contributed by atoms with Crippen LogP contribution in [0.5, 0.6) is 0 Å². The molecule has 3 rings (SSSR count). The number of fused-ring (bicyclic) bond motifs is 1. The van der Waals surface area contributed by atoms with Gasteiger partial charge in [-0.05, 0) is 11.4 Å². The van der Waals surface area contributed by atoms with E-state index in [0.717, 1.165) is 31.0 Å². The maximum absolute atomic E-state index is 10.3. The lowest BCUT2D eigenvalue weighted by Gasteiger charge is -2.31. The van der Waals surface area contributed by atoms with Crippen molar-refractivity contribution in [1.82, 2.24) is 14.9 Å². The fourth-order valence-corrected chi connectivity index (χ4v) is 3.60. The van der Waals surface area contributed by atoms with Crippen LogP contribution >= 0.6 is 11.3 Å². The minimum absolute atomic E-state index is 0.354. The standard InChI is InChI=1S/C17H24N4O2S/c1-20(2)17-15-9-21(6-5-16(15)18-12-19-17)8-13(22)10-23-11-14-4-3-7-24-14/h3-4,7,12-13,22H,5-6,8-11H2,1-2H3/t13-/m1/s1. The Morgan fingerprint density at radius 1 is 1.42 bits per heavy atom. The Balaban J connectivity index is 1.51. The second-order valence-corrected chi connectivity index (χ2v) is 7.28. The van der Waals surface area contributed by atoms with Gasteiger partial charge in [0, 0.05) is 50.6 Å². The SMILES string of the molecule is CN(C)c1ncnc2c1CN(C[C@@H](O)COCc1cccs1)CC2. The number of aliphatic hydroxyl groups excluding tert-OH is 1. The molecule has 1 atom stereocenters. The Morgan fingerprint density at radius 3 is 3.04 bits per heavy atom. The minimum atomic E-state index is -0.487. The zero-order chi connectivity index (χ0) is 16.9. The van der Waals surface area contributed by atoms with Crippen LogP contribution in [0, 0.1) is 0 Å². The van der Waals surface area contributed by atoms with Crippen molar-refractivity contribution in [1.29, 1.82) is 0 Å². The van der Waals surface area contributed by atoms with E-state index in [-0.39, 0.29) is 0 Å². The lowest BCUT2D eigenvalue weighted by molar-refractivity contribution is 0.00840. The monoisotopic (exact) mass is 348 g/mol. The summed E-state index contributed by atoms with van der Waals surface area (Å²) in [6.45, 7) is 3.19. The Kier molecular flexibility index (Phi) is 5.78. The average molecular weight is 348 g/mol. The van der Waals surface area contributed by atoms with E-state index in [1.165, 1.54) is 10.4 Å². The number of hydrogen-bond donors (Lipinski definition) is 1. The van der Waals surface area contributed by atoms with Gasteiger partial charge < -0.3 is 14.7 Å². The van der Waals surface area contributed by atoms with E-state index in [9.17, 15) is 5.11 Å². The predicted molar refractivity (Wildman–Crippen MR) is 95.3 cm³/mol. The first-order valence-electron chi connectivity index (χ1n) is 8.14. The van der Waals surface area contributed by atoms with Gasteiger partial charge in [0.1, 0.15) is 12.1 Å². The quantitative estimate of drug-likeness (QED) is 0.819. The number of thiophene rings is 1. The molecule has 0 spiro atoms. The van der Waals surface area contributed by atoms with Crippen LogP contribution in [-0.2, 0) is 24.3 Å².